The van der Waals surface area contributed by atoms with E-state index < -0.39 is 15.1 Å². The molecule has 2 heterocycles. The highest BCUT2D eigenvalue weighted by atomic mass is 32.2. The number of benzene rings is 1. The fraction of sp³-hybridized carbons (Fsp3) is 0.278. The largest absolute Gasteiger partial charge is 0.382 e. The maximum atomic E-state index is 12.4. The zero-order valence-electron chi connectivity index (χ0n) is 14.8. The van der Waals surface area contributed by atoms with Crippen molar-refractivity contribution in [2.75, 3.05) is 5.73 Å². The summed E-state index contributed by atoms with van der Waals surface area (Å²) >= 11 is 0. The number of sulfone groups is 1. The highest BCUT2D eigenvalue weighted by molar-refractivity contribution is 7.92. The summed E-state index contributed by atoms with van der Waals surface area (Å²) in [7, 11) is -3.32. The van der Waals surface area contributed by atoms with Crippen molar-refractivity contribution in [3.8, 4) is 22.7 Å². The third-order valence-electron chi connectivity index (χ3n) is 4.25. The first-order chi connectivity index (χ1) is 12.3. The molecule has 1 unspecified atom stereocenters. The average Bonchev–Trinajstić information content (AvgIpc) is 3.07. The molecule has 0 aliphatic heterocycles. The summed E-state index contributed by atoms with van der Waals surface area (Å²) in [6.45, 7) is 5.37. The molecule has 0 fully saturated rings. The van der Waals surface area contributed by atoms with Crippen LogP contribution in [0.15, 0.2) is 45.9 Å². The van der Waals surface area contributed by atoms with Crippen molar-refractivity contribution in [1.82, 2.24) is 15.1 Å². The summed E-state index contributed by atoms with van der Waals surface area (Å²) in [5, 5.41) is 3.41. The Bertz CT molecular complexity index is 1030. The monoisotopic (exact) mass is 372 g/mol. The lowest BCUT2D eigenvalue weighted by Crippen LogP contribution is -2.16. The van der Waals surface area contributed by atoms with Crippen molar-refractivity contribution >= 4 is 15.7 Å². The van der Waals surface area contributed by atoms with Gasteiger partial charge in [-0.25, -0.2) is 18.4 Å². The van der Waals surface area contributed by atoms with E-state index in [4.69, 9.17) is 10.3 Å². The molecule has 0 radical (unpaired) electrons. The number of nitrogens with zero attached hydrogens (tertiary/aromatic N) is 3. The molecule has 2 aromatic heterocycles. The fourth-order valence-electron chi connectivity index (χ4n) is 2.46. The van der Waals surface area contributed by atoms with E-state index in [1.165, 1.54) is 0 Å². The number of anilines is 1. The molecule has 0 amide bonds. The molecular weight excluding hydrogens is 352 g/mol. The van der Waals surface area contributed by atoms with E-state index in [1.54, 1.807) is 50.4 Å². The predicted molar refractivity (Wildman–Crippen MR) is 99.1 cm³/mol. The Hall–Kier alpha value is -2.74. The van der Waals surface area contributed by atoms with Crippen LogP contribution in [0.1, 0.15) is 26.0 Å². The van der Waals surface area contributed by atoms with E-state index in [0.717, 1.165) is 5.56 Å². The van der Waals surface area contributed by atoms with Gasteiger partial charge in [0.15, 0.2) is 27.1 Å². The van der Waals surface area contributed by atoms with Crippen molar-refractivity contribution < 1.29 is 12.9 Å². The molecular formula is C18H20N4O3S. The summed E-state index contributed by atoms with van der Waals surface area (Å²) < 4.78 is 30.1. The Morgan fingerprint density at radius 1 is 1.23 bits per heavy atom. The molecule has 7 nitrogen and oxygen atoms in total. The minimum atomic E-state index is -3.32. The summed E-state index contributed by atoms with van der Waals surface area (Å²) in [6, 6.07) is 8.34. The number of nitrogen functional groups attached to an aromatic ring is 1. The number of hydrogen-bond donors (Lipinski definition) is 1. The van der Waals surface area contributed by atoms with Crippen LogP contribution < -0.4 is 5.73 Å². The lowest BCUT2D eigenvalue weighted by molar-refractivity contribution is 0.426. The van der Waals surface area contributed by atoms with Gasteiger partial charge in [-0.15, -0.1) is 0 Å². The van der Waals surface area contributed by atoms with Crippen molar-refractivity contribution in [3.05, 3.63) is 42.2 Å². The Labute approximate surface area is 152 Å². The van der Waals surface area contributed by atoms with Gasteiger partial charge in [-0.05, 0) is 32.4 Å². The van der Waals surface area contributed by atoms with Crippen LogP contribution in [-0.4, -0.2) is 28.8 Å². The Morgan fingerprint density at radius 2 is 1.92 bits per heavy atom. The van der Waals surface area contributed by atoms with E-state index in [2.05, 4.69) is 15.1 Å². The topological polar surface area (TPSA) is 112 Å². The van der Waals surface area contributed by atoms with Crippen LogP contribution in [-0.2, 0) is 9.84 Å². The number of rotatable bonds is 5. The number of aromatic nitrogens is 3. The number of hydrogen-bond acceptors (Lipinski definition) is 7. The second kappa shape index (κ2) is 6.87. The van der Waals surface area contributed by atoms with Crippen LogP contribution in [0.25, 0.3) is 22.7 Å². The minimum absolute atomic E-state index is 0.237. The maximum absolute atomic E-state index is 12.4. The molecule has 3 rings (SSSR count). The molecule has 0 aliphatic carbocycles. The zero-order chi connectivity index (χ0) is 18.9. The molecule has 0 bridgehead atoms. The third kappa shape index (κ3) is 3.32. The number of aryl methyl sites for hydroxylation is 1. The number of nitrogens with two attached hydrogens (primary N) is 1. The van der Waals surface area contributed by atoms with Crippen LogP contribution in [0, 0.1) is 6.92 Å². The van der Waals surface area contributed by atoms with E-state index in [1.807, 2.05) is 6.92 Å². The summed E-state index contributed by atoms with van der Waals surface area (Å²) in [6.07, 6.45) is 2.10. The molecule has 0 spiro atoms. The van der Waals surface area contributed by atoms with Crippen LogP contribution in [0.5, 0.6) is 0 Å². The first-order valence-corrected chi connectivity index (χ1v) is 9.78. The molecule has 0 aliphatic rings. The second-order valence-electron chi connectivity index (χ2n) is 6.11. The van der Waals surface area contributed by atoms with Gasteiger partial charge in [0.2, 0.25) is 0 Å². The summed E-state index contributed by atoms with van der Waals surface area (Å²) in [5.74, 6) is 0.672. The lowest BCUT2D eigenvalue weighted by atomic mass is 10.1. The van der Waals surface area contributed by atoms with Gasteiger partial charge in [-0.2, -0.15) is 0 Å². The van der Waals surface area contributed by atoms with Gasteiger partial charge >= 0.3 is 0 Å². The lowest BCUT2D eigenvalue weighted by Gasteiger charge is -2.11. The van der Waals surface area contributed by atoms with E-state index in [0.29, 0.717) is 34.2 Å². The highest BCUT2D eigenvalue weighted by Crippen LogP contribution is 2.27. The average molecular weight is 372 g/mol. The Balaban J connectivity index is 1.98. The van der Waals surface area contributed by atoms with E-state index in [-0.39, 0.29) is 5.82 Å². The Morgan fingerprint density at radius 3 is 2.50 bits per heavy atom. The molecule has 0 saturated carbocycles. The molecule has 8 heteroatoms. The molecule has 3 aromatic rings. The zero-order valence-corrected chi connectivity index (χ0v) is 15.6. The van der Waals surface area contributed by atoms with Crippen LogP contribution in [0.4, 0.5) is 5.82 Å². The van der Waals surface area contributed by atoms with Crippen molar-refractivity contribution in [1.29, 1.82) is 0 Å². The van der Waals surface area contributed by atoms with Gasteiger partial charge in [0.25, 0.3) is 0 Å². The fourth-order valence-corrected chi connectivity index (χ4v) is 3.88. The standard InChI is InChI=1S/C18H20N4O3S/c1-4-12(3)26(23,24)14-7-5-13(6-8-14)15-10-20-18(19)17(21-15)16-9-11(2)22-25-16/h5-10,12H,4H2,1-3H3,(H2,19,20). The van der Waals surface area contributed by atoms with Crippen molar-refractivity contribution in [3.63, 3.8) is 0 Å². The van der Waals surface area contributed by atoms with Gasteiger partial charge in [-0.1, -0.05) is 24.2 Å². The molecule has 1 atom stereocenters. The van der Waals surface area contributed by atoms with Gasteiger partial charge in [-0.3, -0.25) is 0 Å². The highest BCUT2D eigenvalue weighted by Gasteiger charge is 2.21. The summed E-state index contributed by atoms with van der Waals surface area (Å²) in [5.41, 5.74) is 8.31. The molecule has 2 N–H and O–H groups in total. The normalized spacial score (nSPS) is 12.9. The predicted octanol–water partition coefficient (Wildman–Crippen LogP) is 3.26. The van der Waals surface area contributed by atoms with Crippen LogP contribution >= 0.6 is 0 Å². The minimum Gasteiger partial charge on any atom is -0.382 e. The van der Waals surface area contributed by atoms with Crippen molar-refractivity contribution in [2.24, 2.45) is 0 Å². The first-order valence-electron chi connectivity index (χ1n) is 8.23. The van der Waals surface area contributed by atoms with E-state index in [9.17, 15) is 8.42 Å². The molecule has 0 saturated heterocycles. The van der Waals surface area contributed by atoms with Crippen LogP contribution in [0.2, 0.25) is 0 Å². The summed E-state index contributed by atoms with van der Waals surface area (Å²) in [4.78, 5) is 8.96. The smallest absolute Gasteiger partial charge is 0.189 e. The van der Waals surface area contributed by atoms with Gasteiger partial charge in [0.1, 0.15) is 0 Å². The van der Waals surface area contributed by atoms with E-state index >= 15 is 0 Å². The third-order valence-corrected chi connectivity index (χ3v) is 6.57. The van der Waals surface area contributed by atoms with Crippen molar-refractivity contribution in [2.45, 2.75) is 37.3 Å². The first kappa shape index (κ1) is 18.1. The quantitative estimate of drug-likeness (QED) is 0.731. The van der Waals surface area contributed by atoms with Crippen LogP contribution in [0.3, 0.4) is 0 Å². The van der Waals surface area contributed by atoms with Gasteiger partial charge in [0, 0.05) is 11.6 Å². The van der Waals surface area contributed by atoms with Gasteiger partial charge < -0.3 is 10.3 Å². The Kier molecular flexibility index (Phi) is 4.78. The maximum Gasteiger partial charge on any atom is 0.189 e. The molecule has 136 valence electrons. The second-order valence-corrected chi connectivity index (χ2v) is 8.48. The molecule has 26 heavy (non-hydrogen) atoms. The molecule has 1 aromatic carbocycles. The van der Waals surface area contributed by atoms with Gasteiger partial charge in [0.05, 0.1) is 27.7 Å². The SMILES string of the molecule is CCC(C)S(=O)(=O)c1ccc(-c2cnc(N)c(-c3cc(C)no3)n2)cc1.